The highest BCUT2D eigenvalue weighted by Crippen LogP contribution is 2.29. The van der Waals surface area contributed by atoms with Crippen LogP contribution in [0.2, 0.25) is 0 Å². The monoisotopic (exact) mass is 248 g/mol. The van der Waals surface area contributed by atoms with Crippen LogP contribution in [0.4, 0.5) is 5.69 Å². The SMILES string of the molecule is Nc1ccccc1OCCNC(=O)CC1CCC1. The van der Waals surface area contributed by atoms with Gasteiger partial charge < -0.3 is 15.8 Å². The van der Waals surface area contributed by atoms with Gasteiger partial charge in [-0.3, -0.25) is 4.79 Å². The van der Waals surface area contributed by atoms with E-state index in [0.717, 1.165) is 0 Å². The molecule has 98 valence electrons. The maximum absolute atomic E-state index is 11.5. The summed E-state index contributed by atoms with van der Waals surface area (Å²) in [6.07, 6.45) is 4.33. The fourth-order valence-electron chi connectivity index (χ4n) is 1.99. The Labute approximate surface area is 108 Å². The van der Waals surface area contributed by atoms with E-state index in [9.17, 15) is 4.79 Å². The Kier molecular flexibility index (Phi) is 4.45. The lowest BCUT2D eigenvalue weighted by atomic mass is 9.83. The Balaban J connectivity index is 1.60. The lowest BCUT2D eigenvalue weighted by Gasteiger charge is -2.24. The van der Waals surface area contributed by atoms with E-state index in [-0.39, 0.29) is 5.91 Å². The van der Waals surface area contributed by atoms with Crippen molar-refractivity contribution < 1.29 is 9.53 Å². The summed E-state index contributed by atoms with van der Waals surface area (Å²) in [4.78, 5) is 11.5. The van der Waals surface area contributed by atoms with Gasteiger partial charge in [-0.25, -0.2) is 0 Å². The molecule has 0 saturated heterocycles. The summed E-state index contributed by atoms with van der Waals surface area (Å²) < 4.78 is 5.49. The van der Waals surface area contributed by atoms with Crippen molar-refractivity contribution in [2.24, 2.45) is 5.92 Å². The number of carbonyl (C=O) groups excluding carboxylic acids is 1. The largest absolute Gasteiger partial charge is 0.490 e. The average Bonchev–Trinajstić information content (AvgIpc) is 2.31. The van der Waals surface area contributed by atoms with Crippen molar-refractivity contribution in [3.63, 3.8) is 0 Å². The first-order chi connectivity index (χ1) is 8.75. The number of benzene rings is 1. The van der Waals surface area contributed by atoms with Crippen LogP contribution in [0.1, 0.15) is 25.7 Å². The lowest BCUT2D eigenvalue weighted by molar-refractivity contribution is -0.122. The van der Waals surface area contributed by atoms with E-state index in [1.165, 1.54) is 19.3 Å². The topological polar surface area (TPSA) is 64.3 Å². The first-order valence-electron chi connectivity index (χ1n) is 6.49. The van der Waals surface area contributed by atoms with Crippen molar-refractivity contribution in [1.29, 1.82) is 0 Å². The number of carbonyl (C=O) groups is 1. The number of rotatable bonds is 6. The first kappa shape index (κ1) is 12.7. The number of hydrogen-bond acceptors (Lipinski definition) is 3. The molecule has 1 aromatic carbocycles. The first-order valence-corrected chi connectivity index (χ1v) is 6.49. The Hall–Kier alpha value is -1.71. The van der Waals surface area contributed by atoms with Crippen molar-refractivity contribution in [3.8, 4) is 5.75 Å². The minimum absolute atomic E-state index is 0.129. The highest BCUT2D eigenvalue weighted by Gasteiger charge is 2.20. The number of ether oxygens (including phenoxy) is 1. The number of para-hydroxylation sites is 2. The average molecular weight is 248 g/mol. The highest BCUT2D eigenvalue weighted by atomic mass is 16.5. The second-order valence-corrected chi connectivity index (χ2v) is 4.74. The van der Waals surface area contributed by atoms with Crippen LogP contribution in [-0.2, 0) is 4.79 Å². The smallest absolute Gasteiger partial charge is 0.220 e. The van der Waals surface area contributed by atoms with Gasteiger partial charge in [0.25, 0.3) is 0 Å². The fourth-order valence-corrected chi connectivity index (χ4v) is 1.99. The van der Waals surface area contributed by atoms with Crippen molar-refractivity contribution in [3.05, 3.63) is 24.3 Å². The van der Waals surface area contributed by atoms with E-state index < -0.39 is 0 Å². The summed E-state index contributed by atoms with van der Waals surface area (Å²) >= 11 is 0. The van der Waals surface area contributed by atoms with Crippen LogP contribution in [0, 0.1) is 5.92 Å². The van der Waals surface area contributed by atoms with Gasteiger partial charge in [-0.05, 0) is 30.9 Å². The predicted octanol–water partition coefficient (Wildman–Crippen LogP) is 1.95. The minimum atomic E-state index is 0.129. The third-order valence-corrected chi connectivity index (χ3v) is 3.30. The fraction of sp³-hybridized carbons (Fsp3) is 0.500. The number of nitrogens with one attached hydrogen (secondary N) is 1. The predicted molar refractivity (Wildman–Crippen MR) is 71.3 cm³/mol. The van der Waals surface area contributed by atoms with Gasteiger partial charge in [0, 0.05) is 6.42 Å². The summed E-state index contributed by atoms with van der Waals surface area (Å²) in [7, 11) is 0. The quantitative estimate of drug-likeness (QED) is 0.597. The molecular formula is C14H20N2O2. The molecule has 1 aliphatic rings. The van der Waals surface area contributed by atoms with Gasteiger partial charge in [0.15, 0.2) is 0 Å². The molecule has 1 fully saturated rings. The summed E-state index contributed by atoms with van der Waals surface area (Å²) in [6, 6.07) is 7.36. The van der Waals surface area contributed by atoms with E-state index in [0.29, 0.717) is 36.9 Å². The van der Waals surface area contributed by atoms with Gasteiger partial charge in [-0.15, -0.1) is 0 Å². The molecule has 1 saturated carbocycles. The normalized spacial score (nSPS) is 14.9. The number of nitrogen functional groups attached to an aromatic ring is 1. The van der Waals surface area contributed by atoms with E-state index in [1.807, 2.05) is 18.2 Å². The summed E-state index contributed by atoms with van der Waals surface area (Å²) in [6.45, 7) is 0.977. The van der Waals surface area contributed by atoms with Crippen LogP contribution in [-0.4, -0.2) is 19.1 Å². The molecule has 4 heteroatoms. The molecule has 3 N–H and O–H groups in total. The summed E-state index contributed by atoms with van der Waals surface area (Å²) in [5.74, 6) is 1.41. The zero-order valence-electron chi connectivity index (χ0n) is 10.5. The highest BCUT2D eigenvalue weighted by molar-refractivity contribution is 5.76. The van der Waals surface area contributed by atoms with Crippen LogP contribution in [0.5, 0.6) is 5.75 Å². The molecule has 0 atom stereocenters. The van der Waals surface area contributed by atoms with Gasteiger partial charge in [0.1, 0.15) is 12.4 Å². The van der Waals surface area contributed by atoms with Gasteiger partial charge in [0.05, 0.1) is 12.2 Å². The Morgan fingerprint density at radius 1 is 1.39 bits per heavy atom. The molecule has 0 bridgehead atoms. The molecule has 0 heterocycles. The molecule has 2 rings (SSSR count). The molecule has 0 radical (unpaired) electrons. The molecule has 1 amide bonds. The van der Waals surface area contributed by atoms with Crippen LogP contribution in [0.15, 0.2) is 24.3 Å². The van der Waals surface area contributed by atoms with Crippen molar-refractivity contribution in [2.75, 3.05) is 18.9 Å². The molecule has 1 aromatic rings. The van der Waals surface area contributed by atoms with Gasteiger partial charge in [-0.1, -0.05) is 18.6 Å². The Morgan fingerprint density at radius 2 is 2.17 bits per heavy atom. The van der Waals surface area contributed by atoms with Gasteiger partial charge in [0.2, 0.25) is 5.91 Å². The maximum Gasteiger partial charge on any atom is 0.220 e. The third-order valence-electron chi connectivity index (χ3n) is 3.30. The van der Waals surface area contributed by atoms with E-state index in [2.05, 4.69) is 5.32 Å². The third kappa shape index (κ3) is 3.65. The van der Waals surface area contributed by atoms with E-state index >= 15 is 0 Å². The van der Waals surface area contributed by atoms with Crippen LogP contribution < -0.4 is 15.8 Å². The Bertz CT molecular complexity index is 403. The maximum atomic E-state index is 11.5. The van der Waals surface area contributed by atoms with Crippen molar-refractivity contribution >= 4 is 11.6 Å². The second-order valence-electron chi connectivity index (χ2n) is 4.74. The number of nitrogens with two attached hydrogens (primary N) is 1. The van der Waals surface area contributed by atoms with Gasteiger partial charge >= 0.3 is 0 Å². The molecule has 0 unspecified atom stereocenters. The van der Waals surface area contributed by atoms with E-state index in [1.54, 1.807) is 6.07 Å². The second kappa shape index (κ2) is 6.28. The zero-order chi connectivity index (χ0) is 12.8. The minimum Gasteiger partial charge on any atom is -0.490 e. The van der Waals surface area contributed by atoms with Crippen LogP contribution in [0.3, 0.4) is 0 Å². The molecule has 0 aromatic heterocycles. The molecule has 0 aliphatic heterocycles. The molecule has 18 heavy (non-hydrogen) atoms. The zero-order valence-corrected chi connectivity index (χ0v) is 10.5. The van der Waals surface area contributed by atoms with Gasteiger partial charge in [-0.2, -0.15) is 0 Å². The van der Waals surface area contributed by atoms with Crippen LogP contribution in [0.25, 0.3) is 0 Å². The lowest BCUT2D eigenvalue weighted by Crippen LogP contribution is -2.31. The summed E-state index contributed by atoms with van der Waals surface area (Å²) in [5.41, 5.74) is 6.37. The standard InChI is InChI=1S/C14H20N2O2/c15-12-6-1-2-7-13(12)18-9-8-16-14(17)10-11-4-3-5-11/h1-2,6-7,11H,3-5,8-10,15H2,(H,16,17). The molecular weight excluding hydrogens is 228 g/mol. The van der Waals surface area contributed by atoms with Crippen LogP contribution >= 0.6 is 0 Å². The van der Waals surface area contributed by atoms with Crippen molar-refractivity contribution in [1.82, 2.24) is 5.32 Å². The molecule has 1 aliphatic carbocycles. The number of hydrogen-bond donors (Lipinski definition) is 2. The molecule has 4 nitrogen and oxygen atoms in total. The Morgan fingerprint density at radius 3 is 2.83 bits per heavy atom. The number of amides is 1. The van der Waals surface area contributed by atoms with E-state index in [4.69, 9.17) is 10.5 Å². The number of anilines is 1. The molecule has 0 spiro atoms. The van der Waals surface area contributed by atoms with Crippen molar-refractivity contribution in [2.45, 2.75) is 25.7 Å². The summed E-state index contributed by atoms with van der Waals surface area (Å²) in [5, 5.41) is 2.87.